The highest BCUT2D eigenvalue weighted by molar-refractivity contribution is 9.10. The fourth-order valence-corrected chi connectivity index (χ4v) is 2.24. The van der Waals surface area contributed by atoms with Gasteiger partial charge in [-0.15, -0.1) is 0 Å². The SMILES string of the molecule is CCN(C)Cc1cscc1Br. The van der Waals surface area contributed by atoms with Gasteiger partial charge in [0.2, 0.25) is 0 Å². The van der Waals surface area contributed by atoms with Crippen LogP contribution in [-0.4, -0.2) is 18.5 Å². The molecule has 0 aliphatic rings. The predicted molar refractivity (Wildman–Crippen MR) is 54.0 cm³/mol. The molecule has 1 nitrogen and oxygen atoms in total. The van der Waals surface area contributed by atoms with Crippen molar-refractivity contribution in [3.8, 4) is 0 Å². The fraction of sp³-hybridized carbons (Fsp3) is 0.500. The third-order valence-corrected chi connectivity index (χ3v) is 3.50. The molecule has 1 aromatic heterocycles. The van der Waals surface area contributed by atoms with Crippen LogP contribution in [0.4, 0.5) is 0 Å². The van der Waals surface area contributed by atoms with E-state index in [1.54, 1.807) is 11.3 Å². The van der Waals surface area contributed by atoms with E-state index in [0.29, 0.717) is 0 Å². The summed E-state index contributed by atoms with van der Waals surface area (Å²) >= 11 is 5.25. The summed E-state index contributed by atoms with van der Waals surface area (Å²) in [4.78, 5) is 2.28. The van der Waals surface area contributed by atoms with Gasteiger partial charge in [-0.1, -0.05) is 6.92 Å². The lowest BCUT2D eigenvalue weighted by Crippen LogP contribution is -2.16. The van der Waals surface area contributed by atoms with Crippen molar-refractivity contribution < 1.29 is 0 Å². The second-order valence-electron chi connectivity index (χ2n) is 2.58. The van der Waals surface area contributed by atoms with Crippen LogP contribution >= 0.6 is 27.3 Å². The summed E-state index contributed by atoms with van der Waals surface area (Å²) in [5.41, 5.74) is 1.39. The summed E-state index contributed by atoms with van der Waals surface area (Å²) in [5.74, 6) is 0. The molecule has 3 heteroatoms. The molecule has 0 bridgehead atoms. The lowest BCUT2D eigenvalue weighted by molar-refractivity contribution is 0.345. The van der Waals surface area contributed by atoms with Gasteiger partial charge in [0.15, 0.2) is 0 Å². The van der Waals surface area contributed by atoms with Crippen molar-refractivity contribution in [1.82, 2.24) is 4.90 Å². The molecule has 0 aliphatic carbocycles. The molecule has 0 fully saturated rings. The molecule has 1 rings (SSSR count). The summed E-state index contributed by atoms with van der Waals surface area (Å²) < 4.78 is 1.24. The number of halogens is 1. The van der Waals surface area contributed by atoms with Crippen molar-refractivity contribution in [2.75, 3.05) is 13.6 Å². The number of hydrogen-bond donors (Lipinski definition) is 0. The average molecular weight is 234 g/mol. The Morgan fingerprint density at radius 3 is 2.73 bits per heavy atom. The predicted octanol–water partition coefficient (Wildman–Crippen LogP) is 2.96. The third kappa shape index (κ3) is 2.58. The maximum absolute atomic E-state index is 3.51. The van der Waals surface area contributed by atoms with Crippen LogP contribution < -0.4 is 0 Å². The van der Waals surface area contributed by atoms with Crippen LogP contribution in [0.15, 0.2) is 15.2 Å². The van der Waals surface area contributed by atoms with Gasteiger partial charge < -0.3 is 4.90 Å². The Hall–Kier alpha value is 0.140. The van der Waals surface area contributed by atoms with E-state index in [2.05, 4.69) is 45.6 Å². The summed E-state index contributed by atoms with van der Waals surface area (Å²) in [6.45, 7) is 4.31. The minimum absolute atomic E-state index is 1.04. The maximum Gasteiger partial charge on any atom is 0.0327 e. The molecule has 0 saturated heterocycles. The second kappa shape index (κ2) is 4.24. The van der Waals surface area contributed by atoms with Crippen LogP contribution in [0.3, 0.4) is 0 Å². The number of hydrogen-bond acceptors (Lipinski definition) is 2. The first-order valence-electron chi connectivity index (χ1n) is 3.63. The lowest BCUT2D eigenvalue weighted by Gasteiger charge is -2.12. The summed E-state index contributed by atoms with van der Waals surface area (Å²) in [6.07, 6.45) is 0. The van der Waals surface area contributed by atoms with E-state index in [1.807, 2.05) is 0 Å². The first-order chi connectivity index (χ1) is 5.24. The maximum atomic E-state index is 3.51. The largest absolute Gasteiger partial charge is 0.302 e. The van der Waals surface area contributed by atoms with Gasteiger partial charge in [0, 0.05) is 16.4 Å². The van der Waals surface area contributed by atoms with Crippen LogP contribution in [0.1, 0.15) is 12.5 Å². The normalized spacial score (nSPS) is 10.9. The molecule has 0 N–H and O–H groups in total. The molecule has 0 aromatic carbocycles. The van der Waals surface area contributed by atoms with E-state index in [-0.39, 0.29) is 0 Å². The highest BCUT2D eigenvalue weighted by Crippen LogP contribution is 2.22. The third-order valence-electron chi connectivity index (χ3n) is 1.67. The second-order valence-corrected chi connectivity index (χ2v) is 4.17. The first kappa shape index (κ1) is 9.23. The van der Waals surface area contributed by atoms with Crippen LogP contribution in [0, 0.1) is 0 Å². The Labute approximate surface area is 80.2 Å². The van der Waals surface area contributed by atoms with E-state index in [9.17, 15) is 0 Å². The molecule has 11 heavy (non-hydrogen) atoms. The van der Waals surface area contributed by atoms with Crippen molar-refractivity contribution in [2.24, 2.45) is 0 Å². The standard InChI is InChI=1S/C8H12BrNS/c1-3-10(2)4-7-5-11-6-8(7)9/h5-6H,3-4H2,1-2H3. The van der Waals surface area contributed by atoms with E-state index >= 15 is 0 Å². The summed E-state index contributed by atoms with van der Waals surface area (Å²) in [6, 6.07) is 0. The van der Waals surface area contributed by atoms with E-state index in [0.717, 1.165) is 13.1 Å². The Kier molecular flexibility index (Phi) is 3.55. The quantitative estimate of drug-likeness (QED) is 0.777. The fourth-order valence-electron chi connectivity index (χ4n) is 0.823. The van der Waals surface area contributed by atoms with Crippen LogP contribution in [-0.2, 0) is 6.54 Å². The molecule has 0 aliphatic heterocycles. The summed E-state index contributed by atoms with van der Waals surface area (Å²) in [7, 11) is 2.13. The van der Waals surface area contributed by atoms with E-state index < -0.39 is 0 Å². The van der Waals surface area contributed by atoms with Crippen LogP contribution in [0.2, 0.25) is 0 Å². The van der Waals surface area contributed by atoms with Gasteiger partial charge in [-0.05, 0) is 40.5 Å². The smallest absolute Gasteiger partial charge is 0.0327 e. The molecular weight excluding hydrogens is 222 g/mol. The molecular formula is C8H12BrNS. The van der Waals surface area contributed by atoms with Crippen molar-refractivity contribution in [1.29, 1.82) is 0 Å². The highest BCUT2D eigenvalue weighted by atomic mass is 79.9. The van der Waals surface area contributed by atoms with Gasteiger partial charge in [-0.25, -0.2) is 0 Å². The Morgan fingerprint density at radius 2 is 2.27 bits per heavy atom. The number of rotatable bonds is 3. The number of thiophene rings is 1. The van der Waals surface area contributed by atoms with Crippen molar-refractivity contribution >= 4 is 27.3 Å². The minimum Gasteiger partial charge on any atom is -0.302 e. The lowest BCUT2D eigenvalue weighted by atomic mass is 10.3. The molecule has 0 amide bonds. The average Bonchev–Trinajstić information content (AvgIpc) is 2.37. The van der Waals surface area contributed by atoms with E-state index in [4.69, 9.17) is 0 Å². The molecule has 0 radical (unpaired) electrons. The van der Waals surface area contributed by atoms with Crippen LogP contribution in [0.5, 0.6) is 0 Å². The van der Waals surface area contributed by atoms with Gasteiger partial charge in [-0.3, -0.25) is 0 Å². The Morgan fingerprint density at radius 1 is 1.55 bits per heavy atom. The molecule has 1 aromatic rings. The molecule has 0 spiro atoms. The van der Waals surface area contributed by atoms with Crippen molar-refractivity contribution in [3.63, 3.8) is 0 Å². The Bertz CT molecular complexity index is 222. The first-order valence-corrected chi connectivity index (χ1v) is 5.36. The van der Waals surface area contributed by atoms with Gasteiger partial charge >= 0.3 is 0 Å². The zero-order valence-corrected chi connectivity index (χ0v) is 9.20. The monoisotopic (exact) mass is 233 g/mol. The van der Waals surface area contributed by atoms with Gasteiger partial charge in [0.25, 0.3) is 0 Å². The highest BCUT2D eigenvalue weighted by Gasteiger charge is 2.02. The van der Waals surface area contributed by atoms with Crippen molar-refractivity contribution in [3.05, 3.63) is 20.8 Å². The molecule has 0 unspecified atom stereocenters. The Balaban J connectivity index is 2.56. The zero-order chi connectivity index (χ0) is 8.27. The van der Waals surface area contributed by atoms with Gasteiger partial charge in [0.05, 0.1) is 0 Å². The van der Waals surface area contributed by atoms with Gasteiger partial charge in [-0.2, -0.15) is 11.3 Å². The summed E-state index contributed by atoms with van der Waals surface area (Å²) in [5, 5.41) is 4.31. The molecule has 1 heterocycles. The molecule has 62 valence electrons. The van der Waals surface area contributed by atoms with E-state index in [1.165, 1.54) is 10.0 Å². The minimum atomic E-state index is 1.04. The van der Waals surface area contributed by atoms with Crippen molar-refractivity contribution in [2.45, 2.75) is 13.5 Å². The molecule has 0 atom stereocenters. The van der Waals surface area contributed by atoms with Crippen LogP contribution in [0.25, 0.3) is 0 Å². The molecule has 0 saturated carbocycles. The topological polar surface area (TPSA) is 3.24 Å². The number of nitrogens with zero attached hydrogens (tertiary/aromatic N) is 1. The zero-order valence-electron chi connectivity index (χ0n) is 6.80. The van der Waals surface area contributed by atoms with Gasteiger partial charge in [0.1, 0.15) is 0 Å².